The summed E-state index contributed by atoms with van der Waals surface area (Å²) < 4.78 is 4.64. The molecule has 4 heteroatoms. The standard InChI is InChI=1S/C10H20ClN2Si/c1-5-9(3)12-7-8-13(14(12)11)10(4)6-2/h7-10H,5-6H2,1-4H3. The molecule has 0 fully saturated rings. The molecule has 1 heterocycles. The second kappa shape index (κ2) is 5.08. The second-order valence-corrected chi connectivity index (χ2v) is 6.48. The van der Waals surface area contributed by atoms with Gasteiger partial charge in [0.1, 0.15) is 0 Å². The van der Waals surface area contributed by atoms with Crippen molar-refractivity contribution in [2.75, 3.05) is 0 Å². The zero-order valence-corrected chi connectivity index (χ0v) is 11.3. The lowest BCUT2D eigenvalue weighted by Gasteiger charge is -2.32. The summed E-state index contributed by atoms with van der Waals surface area (Å²) in [5.74, 6) is 0. The van der Waals surface area contributed by atoms with Crippen molar-refractivity contribution in [3.8, 4) is 0 Å². The quantitative estimate of drug-likeness (QED) is 0.542. The van der Waals surface area contributed by atoms with E-state index in [2.05, 4.69) is 49.2 Å². The lowest BCUT2D eigenvalue weighted by Crippen LogP contribution is -2.46. The van der Waals surface area contributed by atoms with Gasteiger partial charge in [0.25, 0.3) is 0 Å². The van der Waals surface area contributed by atoms with Crippen molar-refractivity contribution in [1.82, 2.24) is 9.13 Å². The third-order valence-electron chi connectivity index (χ3n) is 2.95. The Morgan fingerprint density at radius 1 is 1.07 bits per heavy atom. The average molecular weight is 232 g/mol. The highest BCUT2D eigenvalue weighted by atomic mass is 35.6. The third-order valence-corrected chi connectivity index (χ3v) is 6.15. The van der Waals surface area contributed by atoms with Crippen LogP contribution in [0.1, 0.15) is 40.5 Å². The van der Waals surface area contributed by atoms with Crippen LogP contribution in [0.5, 0.6) is 0 Å². The first-order chi connectivity index (χ1) is 6.61. The second-order valence-electron chi connectivity index (χ2n) is 3.90. The van der Waals surface area contributed by atoms with Crippen molar-refractivity contribution in [3.05, 3.63) is 12.4 Å². The maximum absolute atomic E-state index is 6.48. The SMILES string of the molecule is CCC(C)N1C=CN(C(C)CC)[Si]1Cl. The van der Waals surface area contributed by atoms with Crippen LogP contribution in [0.2, 0.25) is 0 Å². The number of rotatable bonds is 4. The number of hydrogen-bond acceptors (Lipinski definition) is 2. The Morgan fingerprint density at radius 2 is 1.43 bits per heavy atom. The van der Waals surface area contributed by atoms with Gasteiger partial charge in [-0.05, 0) is 26.7 Å². The van der Waals surface area contributed by atoms with E-state index in [4.69, 9.17) is 11.1 Å². The van der Waals surface area contributed by atoms with Crippen molar-refractivity contribution in [1.29, 1.82) is 0 Å². The van der Waals surface area contributed by atoms with E-state index >= 15 is 0 Å². The van der Waals surface area contributed by atoms with Crippen molar-refractivity contribution in [2.24, 2.45) is 0 Å². The highest BCUT2D eigenvalue weighted by Crippen LogP contribution is 2.22. The Labute approximate surface area is 94.0 Å². The molecule has 0 bridgehead atoms. The van der Waals surface area contributed by atoms with Crippen LogP contribution in [-0.4, -0.2) is 29.6 Å². The minimum absolute atomic E-state index is 0.562. The molecule has 81 valence electrons. The summed E-state index contributed by atoms with van der Waals surface area (Å²) in [6.45, 7) is 8.88. The van der Waals surface area contributed by atoms with E-state index in [1.54, 1.807) is 0 Å². The molecule has 0 saturated carbocycles. The van der Waals surface area contributed by atoms with Gasteiger partial charge in [0.2, 0.25) is 0 Å². The van der Waals surface area contributed by atoms with Crippen LogP contribution in [0.15, 0.2) is 12.4 Å². The molecule has 1 rings (SSSR count). The molecule has 1 aliphatic heterocycles. The number of hydrogen-bond donors (Lipinski definition) is 0. The van der Waals surface area contributed by atoms with Gasteiger partial charge in [0.05, 0.1) is 0 Å². The Balaban J connectivity index is 2.60. The average Bonchev–Trinajstić information content (AvgIpc) is 2.58. The topological polar surface area (TPSA) is 6.48 Å². The molecule has 0 spiro atoms. The molecule has 1 radical (unpaired) electrons. The molecule has 0 aromatic rings. The van der Waals surface area contributed by atoms with E-state index < -0.39 is 8.43 Å². The lowest BCUT2D eigenvalue weighted by atomic mass is 10.3. The zero-order valence-electron chi connectivity index (χ0n) is 9.50. The predicted molar refractivity (Wildman–Crippen MR) is 63.9 cm³/mol. The van der Waals surface area contributed by atoms with Crippen LogP contribution in [0.25, 0.3) is 0 Å². The van der Waals surface area contributed by atoms with Gasteiger partial charge < -0.3 is 9.13 Å². The van der Waals surface area contributed by atoms with Gasteiger partial charge in [-0.25, -0.2) is 0 Å². The van der Waals surface area contributed by atoms with Crippen molar-refractivity contribution < 1.29 is 0 Å². The number of nitrogens with zero attached hydrogens (tertiary/aromatic N) is 2. The van der Waals surface area contributed by atoms with Crippen LogP contribution in [-0.2, 0) is 0 Å². The summed E-state index contributed by atoms with van der Waals surface area (Å²) in [6.07, 6.45) is 6.61. The summed E-state index contributed by atoms with van der Waals surface area (Å²) in [4.78, 5) is 0. The molecule has 0 aromatic heterocycles. The molecule has 0 aliphatic carbocycles. The third kappa shape index (κ3) is 2.26. The highest BCUT2D eigenvalue weighted by molar-refractivity contribution is 7.04. The molecule has 2 nitrogen and oxygen atoms in total. The van der Waals surface area contributed by atoms with Gasteiger partial charge in [-0.2, -0.15) is 0 Å². The summed E-state index contributed by atoms with van der Waals surface area (Å²) in [7, 11) is -1.03. The van der Waals surface area contributed by atoms with Gasteiger partial charge in [-0.15, -0.1) is 11.1 Å². The fraction of sp³-hybridized carbons (Fsp3) is 0.800. The Hall–Kier alpha value is -0.153. The van der Waals surface area contributed by atoms with Crippen molar-refractivity contribution >= 4 is 19.5 Å². The molecule has 0 aromatic carbocycles. The summed E-state index contributed by atoms with van der Waals surface area (Å²) in [6, 6.07) is 1.12. The monoisotopic (exact) mass is 231 g/mol. The van der Waals surface area contributed by atoms with Crippen LogP contribution in [0, 0.1) is 0 Å². The fourth-order valence-electron chi connectivity index (χ4n) is 1.45. The molecule has 0 saturated heterocycles. The first-order valence-electron chi connectivity index (χ1n) is 5.39. The van der Waals surface area contributed by atoms with Crippen LogP contribution in [0.4, 0.5) is 0 Å². The summed E-state index contributed by atoms with van der Waals surface area (Å²) >= 11 is 6.48. The van der Waals surface area contributed by atoms with Gasteiger partial charge in [-0.1, -0.05) is 13.8 Å². The molecule has 2 atom stereocenters. The van der Waals surface area contributed by atoms with E-state index in [-0.39, 0.29) is 0 Å². The molecular weight excluding hydrogens is 212 g/mol. The molecule has 0 N–H and O–H groups in total. The maximum Gasteiger partial charge on any atom is 0.414 e. The molecule has 0 amide bonds. The fourth-order valence-corrected chi connectivity index (χ4v) is 4.53. The minimum atomic E-state index is -1.03. The first kappa shape index (κ1) is 11.9. The Bertz CT molecular complexity index is 190. The summed E-state index contributed by atoms with van der Waals surface area (Å²) in [5, 5.41) is 0. The van der Waals surface area contributed by atoms with Crippen molar-refractivity contribution in [3.63, 3.8) is 0 Å². The first-order valence-corrected chi connectivity index (χ1v) is 7.79. The number of halogens is 1. The highest BCUT2D eigenvalue weighted by Gasteiger charge is 2.33. The van der Waals surface area contributed by atoms with E-state index in [0.717, 1.165) is 12.8 Å². The lowest BCUT2D eigenvalue weighted by molar-refractivity contribution is 0.394. The van der Waals surface area contributed by atoms with E-state index in [1.807, 2.05) is 0 Å². The van der Waals surface area contributed by atoms with Gasteiger partial charge in [-0.3, -0.25) is 0 Å². The largest absolute Gasteiger partial charge is 0.414 e. The molecule has 14 heavy (non-hydrogen) atoms. The van der Waals surface area contributed by atoms with E-state index in [1.165, 1.54) is 0 Å². The molecule has 2 unspecified atom stereocenters. The smallest absolute Gasteiger partial charge is 0.370 e. The molecule has 1 aliphatic rings. The Morgan fingerprint density at radius 3 is 1.71 bits per heavy atom. The maximum atomic E-state index is 6.48. The van der Waals surface area contributed by atoms with E-state index in [9.17, 15) is 0 Å². The Kier molecular flexibility index (Phi) is 4.32. The predicted octanol–water partition coefficient (Wildman–Crippen LogP) is 2.90. The van der Waals surface area contributed by atoms with Gasteiger partial charge in [0, 0.05) is 24.5 Å². The summed E-state index contributed by atoms with van der Waals surface area (Å²) in [5.41, 5.74) is 0. The van der Waals surface area contributed by atoms with Crippen LogP contribution >= 0.6 is 11.1 Å². The van der Waals surface area contributed by atoms with Gasteiger partial charge in [0.15, 0.2) is 0 Å². The van der Waals surface area contributed by atoms with E-state index in [0.29, 0.717) is 12.1 Å². The van der Waals surface area contributed by atoms with Crippen LogP contribution in [0.3, 0.4) is 0 Å². The van der Waals surface area contributed by atoms with Gasteiger partial charge >= 0.3 is 8.43 Å². The molecular formula is C10H20ClN2Si. The minimum Gasteiger partial charge on any atom is -0.370 e. The zero-order chi connectivity index (χ0) is 10.7. The van der Waals surface area contributed by atoms with Crippen LogP contribution < -0.4 is 0 Å². The normalized spacial score (nSPS) is 21.8. The van der Waals surface area contributed by atoms with Crippen molar-refractivity contribution in [2.45, 2.75) is 52.6 Å².